The zero-order valence-electron chi connectivity index (χ0n) is 16.0. The summed E-state index contributed by atoms with van der Waals surface area (Å²) in [4.78, 5) is 24.6. The van der Waals surface area contributed by atoms with Crippen molar-refractivity contribution in [3.05, 3.63) is 28.3 Å². The second-order valence-electron chi connectivity index (χ2n) is 7.90. The zero-order valence-corrected chi connectivity index (χ0v) is 16.8. The maximum atomic E-state index is 12.5. The Bertz CT molecular complexity index is 788. The largest absolute Gasteiger partial charge is 0.471 e. The van der Waals surface area contributed by atoms with Crippen LogP contribution in [0.25, 0.3) is 0 Å². The Morgan fingerprint density at radius 2 is 1.59 bits per heavy atom. The maximum Gasteiger partial charge on any atom is 0.471 e. The molecule has 3 amide bonds. The predicted octanol–water partition coefficient (Wildman–Crippen LogP) is 3.99. The fourth-order valence-corrected chi connectivity index (χ4v) is 5.37. The number of hydrogen-bond donors (Lipinski definition) is 2. The highest BCUT2D eigenvalue weighted by Crippen LogP contribution is 2.38. The smallest absolute Gasteiger partial charge is 0.335 e. The summed E-state index contributed by atoms with van der Waals surface area (Å²) < 4.78 is 40.4. The number of hydrogen-bond acceptors (Lipinski definition) is 3. The molecule has 29 heavy (non-hydrogen) atoms. The monoisotopic (exact) mass is 427 g/mol. The van der Waals surface area contributed by atoms with E-state index in [1.807, 2.05) is 0 Å². The van der Waals surface area contributed by atoms with Crippen LogP contribution in [0.1, 0.15) is 47.9 Å². The lowest BCUT2D eigenvalue weighted by Gasteiger charge is -2.31. The number of fused-ring (bicyclic) bond motifs is 2. The first kappa shape index (κ1) is 20.4. The lowest BCUT2D eigenvalue weighted by molar-refractivity contribution is -0.186. The molecule has 2 aliphatic carbocycles. The summed E-state index contributed by atoms with van der Waals surface area (Å²) in [6, 6.07) is 2.01. The van der Waals surface area contributed by atoms with E-state index in [0.717, 1.165) is 49.1 Å². The van der Waals surface area contributed by atoms with Crippen molar-refractivity contribution < 1.29 is 22.8 Å². The van der Waals surface area contributed by atoms with Crippen molar-refractivity contribution in [2.45, 2.75) is 62.8 Å². The van der Waals surface area contributed by atoms with Gasteiger partial charge in [-0.15, -0.1) is 0 Å². The minimum Gasteiger partial charge on any atom is -0.335 e. The van der Waals surface area contributed by atoms with Crippen LogP contribution in [-0.2, 0) is 30.5 Å². The average molecular weight is 427 g/mol. The van der Waals surface area contributed by atoms with E-state index in [-0.39, 0.29) is 24.4 Å². The Morgan fingerprint density at radius 3 is 2.14 bits per heavy atom. The molecule has 0 saturated carbocycles. The molecular weight excluding hydrogens is 403 g/mol. The van der Waals surface area contributed by atoms with Gasteiger partial charge in [-0.25, -0.2) is 4.79 Å². The molecule has 1 aromatic rings. The van der Waals surface area contributed by atoms with Crippen molar-refractivity contribution >= 4 is 29.6 Å². The molecule has 2 N–H and O–H groups in total. The highest BCUT2D eigenvalue weighted by Gasteiger charge is 2.43. The molecule has 0 atom stereocenters. The number of likely N-dealkylation sites (tertiary alicyclic amines) is 1. The van der Waals surface area contributed by atoms with E-state index in [1.165, 1.54) is 34.2 Å². The number of nitrogens with one attached hydrogen (secondary N) is 2. The molecular formula is C20H24F3N3O2S. The molecule has 1 saturated heterocycles. The van der Waals surface area contributed by atoms with E-state index in [1.54, 1.807) is 0 Å². The Labute approximate surface area is 171 Å². The molecule has 9 heteroatoms. The standard InChI is InChI=1S/C20H24F3N3O2S/c21-20(22,23)18(27)26-9-7-14(8-10-26)29-25-19(28)24-17-15-5-1-3-12(15)11-13-4-2-6-16(13)17/h11,14H,1-10H2,(H2,24,25,28). The molecule has 0 spiro atoms. The number of amides is 3. The number of piperidine rings is 1. The van der Waals surface area contributed by atoms with Gasteiger partial charge in [0.25, 0.3) is 0 Å². The summed E-state index contributed by atoms with van der Waals surface area (Å²) in [6.07, 6.45) is 2.32. The summed E-state index contributed by atoms with van der Waals surface area (Å²) in [6.45, 7) is 0.109. The quantitative estimate of drug-likeness (QED) is 0.718. The van der Waals surface area contributed by atoms with Crippen LogP contribution in [-0.4, -0.2) is 41.4 Å². The summed E-state index contributed by atoms with van der Waals surface area (Å²) in [5, 5.41) is 3.04. The van der Waals surface area contributed by atoms with Gasteiger partial charge < -0.3 is 10.2 Å². The first-order valence-electron chi connectivity index (χ1n) is 10.1. The Morgan fingerprint density at radius 1 is 1.00 bits per heavy atom. The fourth-order valence-electron chi connectivity index (χ4n) is 4.60. The minimum atomic E-state index is -4.83. The summed E-state index contributed by atoms with van der Waals surface area (Å²) >= 11 is 1.23. The number of rotatable bonds is 3. The number of carbonyl (C=O) groups is 2. The first-order valence-corrected chi connectivity index (χ1v) is 11.0. The van der Waals surface area contributed by atoms with Gasteiger partial charge in [-0.2, -0.15) is 13.2 Å². The van der Waals surface area contributed by atoms with Crippen LogP contribution < -0.4 is 10.0 Å². The molecule has 4 rings (SSSR count). The van der Waals surface area contributed by atoms with Crippen LogP contribution in [0.5, 0.6) is 0 Å². The molecule has 158 valence electrons. The molecule has 5 nitrogen and oxygen atoms in total. The second kappa shape index (κ2) is 8.08. The third-order valence-electron chi connectivity index (χ3n) is 6.00. The van der Waals surface area contributed by atoms with E-state index in [4.69, 9.17) is 0 Å². The van der Waals surface area contributed by atoms with Gasteiger partial charge in [0, 0.05) is 24.0 Å². The van der Waals surface area contributed by atoms with E-state index < -0.39 is 12.1 Å². The lowest BCUT2D eigenvalue weighted by atomic mass is 9.99. The fraction of sp³-hybridized carbons (Fsp3) is 0.600. The average Bonchev–Trinajstić information content (AvgIpc) is 3.34. The minimum absolute atomic E-state index is 0.00904. The number of nitrogens with zero attached hydrogens (tertiary/aromatic N) is 1. The zero-order chi connectivity index (χ0) is 20.6. The molecule has 0 aromatic heterocycles. The van der Waals surface area contributed by atoms with E-state index in [9.17, 15) is 22.8 Å². The molecule has 0 bridgehead atoms. The molecule has 1 heterocycles. The molecule has 1 fully saturated rings. The van der Waals surface area contributed by atoms with Crippen molar-refractivity contribution in [3.63, 3.8) is 0 Å². The lowest BCUT2D eigenvalue weighted by Crippen LogP contribution is -2.46. The molecule has 3 aliphatic rings. The molecule has 1 aromatic carbocycles. The third-order valence-corrected chi connectivity index (χ3v) is 7.11. The number of aryl methyl sites for hydroxylation is 2. The highest BCUT2D eigenvalue weighted by molar-refractivity contribution is 7.98. The van der Waals surface area contributed by atoms with Crippen LogP contribution in [0.4, 0.5) is 23.7 Å². The number of urea groups is 1. The van der Waals surface area contributed by atoms with Crippen molar-refractivity contribution in [3.8, 4) is 0 Å². The van der Waals surface area contributed by atoms with Crippen LogP contribution in [0.15, 0.2) is 6.07 Å². The first-order chi connectivity index (χ1) is 13.8. The Hall–Kier alpha value is -1.90. The van der Waals surface area contributed by atoms with Gasteiger partial charge in [-0.3, -0.25) is 9.52 Å². The van der Waals surface area contributed by atoms with Crippen LogP contribution in [0, 0.1) is 0 Å². The normalized spacial score (nSPS) is 19.1. The summed E-state index contributed by atoms with van der Waals surface area (Å²) in [5.74, 6) is -1.78. The predicted molar refractivity (Wildman–Crippen MR) is 106 cm³/mol. The van der Waals surface area contributed by atoms with Crippen molar-refractivity contribution in [1.29, 1.82) is 0 Å². The molecule has 1 aliphatic heterocycles. The van der Waals surface area contributed by atoms with E-state index in [2.05, 4.69) is 16.1 Å². The summed E-state index contributed by atoms with van der Waals surface area (Å²) in [7, 11) is 0. The van der Waals surface area contributed by atoms with E-state index in [0.29, 0.717) is 12.8 Å². The summed E-state index contributed by atoms with van der Waals surface area (Å²) in [5.41, 5.74) is 6.16. The second-order valence-corrected chi connectivity index (χ2v) is 9.00. The molecule has 0 unspecified atom stereocenters. The number of halogens is 3. The van der Waals surface area contributed by atoms with Gasteiger partial charge in [-0.1, -0.05) is 6.07 Å². The van der Waals surface area contributed by atoms with Gasteiger partial charge in [-0.05, 0) is 85.6 Å². The molecule has 0 radical (unpaired) electrons. The van der Waals surface area contributed by atoms with Crippen LogP contribution in [0.2, 0.25) is 0 Å². The van der Waals surface area contributed by atoms with Crippen molar-refractivity contribution in [2.24, 2.45) is 0 Å². The highest BCUT2D eigenvalue weighted by atomic mass is 32.2. The Kier molecular flexibility index (Phi) is 5.68. The van der Waals surface area contributed by atoms with Gasteiger partial charge >= 0.3 is 18.1 Å². The van der Waals surface area contributed by atoms with Gasteiger partial charge in [0.05, 0.1) is 0 Å². The van der Waals surface area contributed by atoms with Crippen LogP contribution >= 0.6 is 11.9 Å². The van der Waals surface area contributed by atoms with Crippen molar-refractivity contribution in [2.75, 3.05) is 18.4 Å². The number of benzene rings is 1. The number of anilines is 1. The number of carbonyl (C=O) groups excluding carboxylic acids is 2. The van der Waals surface area contributed by atoms with E-state index >= 15 is 0 Å². The third kappa shape index (κ3) is 4.34. The van der Waals surface area contributed by atoms with Gasteiger partial charge in [0.2, 0.25) is 0 Å². The number of alkyl halides is 3. The SMILES string of the molecule is O=C(NSC1CCN(C(=O)C(F)(F)F)CC1)Nc1c2c(cc3c1CCC3)CCC2. The van der Waals surface area contributed by atoms with Gasteiger partial charge in [0.15, 0.2) is 0 Å². The maximum absolute atomic E-state index is 12.5. The van der Waals surface area contributed by atoms with Crippen molar-refractivity contribution in [1.82, 2.24) is 9.62 Å². The van der Waals surface area contributed by atoms with Crippen LogP contribution in [0.3, 0.4) is 0 Å². The topological polar surface area (TPSA) is 61.4 Å². The van der Waals surface area contributed by atoms with Gasteiger partial charge in [0.1, 0.15) is 0 Å². The Balaban J connectivity index is 1.31.